The Bertz CT molecular complexity index is 460. The molecule has 0 unspecified atom stereocenters. The average molecular weight is 290 g/mol. The van der Waals surface area contributed by atoms with Crippen LogP contribution in [0.3, 0.4) is 0 Å². The smallest absolute Gasteiger partial charge is 0.115 e. The van der Waals surface area contributed by atoms with Gasteiger partial charge in [-0.3, -0.25) is 0 Å². The van der Waals surface area contributed by atoms with Crippen molar-refractivity contribution in [2.75, 3.05) is 0 Å². The van der Waals surface area contributed by atoms with Crippen LogP contribution in [0.15, 0.2) is 42.5 Å². The van der Waals surface area contributed by atoms with Crippen molar-refractivity contribution in [2.24, 2.45) is 5.92 Å². The molecular formula is C18H26O3. The van der Waals surface area contributed by atoms with E-state index in [4.69, 9.17) is 0 Å². The molecule has 3 atom stereocenters. The van der Waals surface area contributed by atoms with Gasteiger partial charge >= 0.3 is 0 Å². The van der Waals surface area contributed by atoms with E-state index >= 15 is 0 Å². The molecule has 0 aromatic heterocycles. The topological polar surface area (TPSA) is 60.7 Å². The van der Waals surface area contributed by atoms with Crippen molar-refractivity contribution in [2.45, 2.75) is 45.3 Å². The van der Waals surface area contributed by atoms with Gasteiger partial charge in [-0.2, -0.15) is 0 Å². The summed E-state index contributed by atoms with van der Waals surface area (Å²) < 4.78 is 0. The van der Waals surface area contributed by atoms with Gasteiger partial charge in [0.25, 0.3) is 0 Å². The number of phenolic OH excluding ortho intramolecular Hbond substituents is 1. The number of aromatic hydroxyl groups is 1. The van der Waals surface area contributed by atoms with Gasteiger partial charge in [0.05, 0.1) is 12.2 Å². The van der Waals surface area contributed by atoms with Crippen LogP contribution in [-0.2, 0) is 0 Å². The second-order valence-electron chi connectivity index (χ2n) is 5.41. The van der Waals surface area contributed by atoms with Gasteiger partial charge in [0.2, 0.25) is 0 Å². The fourth-order valence-corrected chi connectivity index (χ4v) is 2.36. The molecule has 0 amide bonds. The molecule has 1 aromatic carbocycles. The molecule has 0 radical (unpaired) electrons. The number of allylic oxidation sites excluding steroid dienone is 1. The van der Waals surface area contributed by atoms with E-state index in [2.05, 4.69) is 19.6 Å². The Balaban J connectivity index is 2.66. The highest BCUT2D eigenvalue weighted by Crippen LogP contribution is 2.21. The maximum absolute atomic E-state index is 10.1. The highest BCUT2D eigenvalue weighted by Gasteiger charge is 2.20. The zero-order chi connectivity index (χ0) is 15.8. The van der Waals surface area contributed by atoms with Gasteiger partial charge in [-0.1, -0.05) is 36.8 Å². The van der Waals surface area contributed by atoms with Crippen molar-refractivity contribution in [1.82, 2.24) is 0 Å². The maximum Gasteiger partial charge on any atom is 0.115 e. The van der Waals surface area contributed by atoms with Crippen molar-refractivity contribution in [3.63, 3.8) is 0 Å². The number of rotatable bonds is 8. The van der Waals surface area contributed by atoms with Gasteiger partial charge in [-0.25, -0.2) is 0 Å². The second kappa shape index (κ2) is 8.65. The molecule has 0 saturated carbocycles. The molecular weight excluding hydrogens is 264 g/mol. The van der Waals surface area contributed by atoms with Crippen LogP contribution in [0.1, 0.15) is 38.7 Å². The molecule has 0 heterocycles. The first-order chi connectivity index (χ1) is 9.97. The van der Waals surface area contributed by atoms with E-state index in [0.717, 1.165) is 18.4 Å². The van der Waals surface area contributed by atoms with E-state index in [0.29, 0.717) is 6.42 Å². The zero-order valence-electron chi connectivity index (χ0n) is 12.9. The van der Waals surface area contributed by atoms with Gasteiger partial charge in [0, 0.05) is 5.92 Å². The van der Waals surface area contributed by atoms with E-state index in [-0.39, 0.29) is 11.7 Å². The summed E-state index contributed by atoms with van der Waals surface area (Å²) in [6, 6.07) is 7.05. The minimum absolute atomic E-state index is 0.256. The summed E-state index contributed by atoms with van der Waals surface area (Å²) in [7, 11) is 0. The fraction of sp³-hybridized carbons (Fsp3) is 0.444. The van der Waals surface area contributed by atoms with Gasteiger partial charge in [-0.05, 0) is 43.9 Å². The van der Waals surface area contributed by atoms with Crippen LogP contribution in [-0.4, -0.2) is 27.5 Å². The molecule has 0 aliphatic carbocycles. The van der Waals surface area contributed by atoms with Crippen molar-refractivity contribution >= 4 is 6.08 Å². The van der Waals surface area contributed by atoms with E-state index in [9.17, 15) is 15.3 Å². The average Bonchev–Trinajstić information content (AvgIpc) is 2.45. The van der Waals surface area contributed by atoms with E-state index < -0.39 is 12.2 Å². The molecule has 0 fully saturated rings. The minimum atomic E-state index is -0.594. The quantitative estimate of drug-likeness (QED) is 0.642. The van der Waals surface area contributed by atoms with Crippen LogP contribution in [0.2, 0.25) is 0 Å². The van der Waals surface area contributed by atoms with E-state index in [1.54, 1.807) is 25.1 Å². The van der Waals surface area contributed by atoms with Gasteiger partial charge < -0.3 is 15.3 Å². The maximum atomic E-state index is 10.1. The molecule has 21 heavy (non-hydrogen) atoms. The lowest BCUT2D eigenvalue weighted by Gasteiger charge is -2.22. The van der Waals surface area contributed by atoms with Crippen LogP contribution in [0.5, 0.6) is 5.75 Å². The molecule has 0 bridgehead atoms. The molecule has 0 aliphatic rings. The first kappa shape index (κ1) is 17.5. The molecule has 0 aliphatic heterocycles. The molecule has 3 heteroatoms. The molecule has 116 valence electrons. The van der Waals surface area contributed by atoms with Crippen LogP contribution in [0.25, 0.3) is 6.08 Å². The lowest BCUT2D eigenvalue weighted by molar-refractivity contribution is 0.0421. The summed E-state index contributed by atoms with van der Waals surface area (Å²) in [5.74, 6) is -0.0387. The highest BCUT2D eigenvalue weighted by atomic mass is 16.3. The molecule has 0 saturated heterocycles. The van der Waals surface area contributed by atoms with Crippen LogP contribution in [0.4, 0.5) is 0 Å². The molecule has 3 N–H and O–H groups in total. The molecule has 1 aromatic rings. The van der Waals surface area contributed by atoms with E-state index in [1.807, 2.05) is 12.1 Å². The molecule has 0 spiro atoms. The third-order valence-electron chi connectivity index (χ3n) is 3.75. The Kier molecular flexibility index (Phi) is 7.20. The van der Waals surface area contributed by atoms with Crippen molar-refractivity contribution in [1.29, 1.82) is 0 Å². The van der Waals surface area contributed by atoms with Crippen LogP contribution >= 0.6 is 0 Å². The molecule has 1 rings (SSSR count). The normalized spacial score (nSPS) is 16.3. The summed E-state index contributed by atoms with van der Waals surface area (Å²) in [4.78, 5) is 0. The third-order valence-corrected chi connectivity index (χ3v) is 3.75. The Morgan fingerprint density at radius 1 is 1.24 bits per heavy atom. The first-order valence-corrected chi connectivity index (χ1v) is 7.45. The summed E-state index contributed by atoms with van der Waals surface area (Å²) in [5, 5.41) is 29.0. The minimum Gasteiger partial charge on any atom is -0.508 e. The predicted molar refractivity (Wildman–Crippen MR) is 87.0 cm³/mol. The van der Waals surface area contributed by atoms with Gasteiger partial charge in [0.1, 0.15) is 5.75 Å². The van der Waals surface area contributed by atoms with Crippen molar-refractivity contribution < 1.29 is 15.3 Å². The predicted octanol–water partition coefficient (Wildman–Crippen LogP) is 3.51. The zero-order valence-corrected chi connectivity index (χ0v) is 12.9. The Morgan fingerprint density at radius 3 is 2.33 bits per heavy atom. The summed E-state index contributed by atoms with van der Waals surface area (Å²) in [6.07, 6.45) is 4.79. The van der Waals surface area contributed by atoms with Crippen molar-refractivity contribution in [3.05, 3.63) is 48.1 Å². The van der Waals surface area contributed by atoms with Crippen molar-refractivity contribution in [3.8, 4) is 5.75 Å². The SMILES string of the molecule is C=C[C@H]([C@H](O)CC/C(=C/c1ccc(O)cc1)CC)[C@@H](C)O. The summed E-state index contributed by atoms with van der Waals surface area (Å²) in [6.45, 7) is 7.42. The lowest BCUT2D eigenvalue weighted by atomic mass is 9.91. The number of aliphatic hydroxyl groups excluding tert-OH is 2. The standard InChI is InChI=1S/C18H26O3/c1-4-14(12-15-6-9-16(20)10-7-15)8-11-18(21)17(5-2)13(3)19/h5-7,9-10,12-13,17-21H,2,4,8,11H2,1,3H3/b14-12+/t13-,17+,18-/m1/s1. The number of hydrogen-bond donors (Lipinski definition) is 3. The van der Waals surface area contributed by atoms with Gasteiger partial charge in [0.15, 0.2) is 0 Å². The van der Waals surface area contributed by atoms with Gasteiger partial charge in [-0.15, -0.1) is 6.58 Å². The third kappa shape index (κ3) is 5.74. The van der Waals surface area contributed by atoms with E-state index in [1.165, 1.54) is 5.57 Å². The number of hydrogen-bond acceptors (Lipinski definition) is 3. The highest BCUT2D eigenvalue weighted by molar-refractivity contribution is 5.53. The second-order valence-corrected chi connectivity index (χ2v) is 5.41. The largest absolute Gasteiger partial charge is 0.508 e. The Hall–Kier alpha value is -1.58. The fourth-order valence-electron chi connectivity index (χ4n) is 2.36. The Labute approximate surface area is 127 Å². The number of aliphatic hydroxyl groups is 2. The summed E-state index contributed by atoms with van der Waals surface area (Å²) in [5.41, 5.74) is 2.27. The van der Waals surface area contributed by atoms with Crippen LogP contribution < -0.4 is 0 Å². The number of benzene rings is 1. The Morgan fingerprint density at radius 2 is 1.86 bits per heavy atom. The lowest BCUT2D eigenvalue weighted by Crippen LogP contribution is -2.28. The first-order valence-electron chi connectivity index (χ1n) is 7.45. The number of phenols is 1. The summed E-state index contributed by atoms with van der Waals surface area (Å²) >= 11 is 0. The molecule has 3 nitrogen and oxygen atoms in total. The van der Waals surface area contributed by atoms with Crippen LogP contribution in [0, 0.1) is 5.92 Å². The monoisotopic (exact) mass is 290 g/mol.